The molecule has 1 rings (SSSR count). The Balaban J connectivity index is 3.07. The first-order valence-electron chi connectivity index (χ1n) is 4.38. The zero-order valence-electron chi connectivity index (χ0n) is 8.40. The Hall–Kier alpha value is -0.600. The lowest BCUT2D eigenvalue weighted by atomic mass is 10.3. The van der Waals surface area contributed by atoms with Gasteiger partial charge in [0.15, 0.2) is 0 Å². The number of hydrogen-bond acceptors (Lipinski definition) is 2. The van der Waals surface area contributed by atoms with Crippen molar-refractivity contribution in [1.82, 2.24) is 0 Å². The molecule has 78 valence electrons. The molecule has 0 amide bonds. The Morgan fingerprint density at radius 3 is 2.29 bits per heavy atom. The summed E-state index contributed by atoms with van der Waals surface area (Å²) in [5.74, 6) is 0.719. The summed E-state index contributed by atoms with van der Waals surface area (Å²) in [5.41, 5.74) is 0.841. The first kappa shape index (κ1) is 11.5. The van der Waals surface area contributed by atoms with Crippen molar-refractivity contribution in [2.45, 2.75) is 20.0 Å². The van der Waals surface area contributed by atoms with Crippen molar-refractivity contribution in [1.29, 1.82) is 0 Å². The molecule has 0 atom stereocenters. The maximum atomic E-state index is 5.89. The Morgan fingerprint density at radius 1 is 1.21 bits per heavy atom. The van der Waals surface area contributed by atoms with Gasteiger partial charge < -0.3 is 10.1 Å². The second kappa shape index (κ2) is 4.76. The second-order valence-electron chi connectivity index (χ2n) is 3.18. The number of ether oxygens (including phenoxy) is 1. The minimum absolute atomic E-state index is 0.111. The van der Waals surface area contributed by atoms with Gasteiger partial charge in [-0.25, -0.2) is 0 Å². The van der Waals surface area contributed by atoms with Gasteiger partial charge in [-0.1, -0.05) is 23.2 Å². The summed E-state index contributed by atoms with van der Waals surface area (Å²) in [5, 5.41) is 4.02. The molecule has 0 aromatic heterocycles. The highest BCUT2D eigenvalue weighted by Crippen LogP contribution is 2.34. The van der Waals surface area contributed by atoms with Crippen molar-refractivity contribution < 1.29 is 4.74 Å². The predicted octanol–water partition coefficient (Wildman–Crippen LogP) is 3.82. The van der Waals surface area contributed by atoms with E-state index in [-0.39, 0.29) is 6.10 Å². The Kier molecular flexibility index (Phi) is 3.90. The first-order valence-corrected chi connectivity index (χ1v) is 5.13. The van der Waals surface area contributed by atoms with Crippen molar-refractivity contribution in [3.63, 3.8) is 0 Å². The zero-order valence-corrected chi connectivity index (χ0v) is 9.91. The highest BCUT2D eigenvalue weighted by molar-refractivity contribution is 6.42. The average molecular weight is 234 g/mol. The van der Waals surface area contributed by atoms with Crippen LogP contribution in [0, 0.1) is 0 Å². The third kappa shape index (κ3) is 2.69. The van der Waals surface area contributed by atoms with Gasteiger partial charge in [-0.2, -0.15) is 0 Å². The molecule has 0 saturated heterocycles. The fourth-order valence-electron chi connectivity index (χ4n) is 1.08. The van der Waals surface area contributed by atoms with E-state index in [0.717, 1.165) is 11.4 Å². The smallest absolute Gasteiger partial charge is 0.144 e. The first-order chi connectivity index (χ1) is 6.54. The van der Waals surface area contributed by atoms with Gasteiger partial charge in [-0.15, -0.1) is 0 Å². The molecule has 0 unspecified atom stereocenters. The molecule has 0 fully saturated rings. The van der Waals surface area contributed by atoms with Crippen LogP contribution in [0.25, 0.3) is 0 Å². The summed E-state index contributed by atoms with van der Waals surface area (Å²) in [6, 6.07) is 3.47. The van der Waals surface area contributed by atoms with Crippen LogP contribution in [0.15, 0.2) is 12.1 Å². The minimum atomic E-state index is 0.111. The SMILES string of the molecule is CNc1cc(Cl)c(Cl)cc1OC(C)C. The molecule has 0 bridgehead atoms. The molecule has 0 aliphatic heterocycles. The second-order valence-corrected chi connectivity index (χ2v) is 3.99. The average Bonchev–Trinajstić information content (AvgIpc) is 2.10. The Labute approximate surface area is 94.2 Å². The van der Waals surface area contributed by atoms with Gasteiger partial charge in [0.2, 0.25) is 0 Å². The van der Waals surface area contributed by atoms with E-state index in [1.165, 1.54) is 0 Å². The van der Waals surface area contributed by atoms with Crippen LogP contribution in [0.3, 0.4) is 0 Å². The van der Waals surface area contributed by atoms with Crippen molar-refractivity contribution in [3.05, 3.63) is 22.2 Å². The molecule has 0 aliphatic carbocycles. The quantitative estimate of drug-likeness (QED) is 0.858. The molecule has 0 saturated carbocycles. The highest BCUT2D eigenvalue weighted by Gasteiger charge is 2.08. The van der Waals surface area contributed by atoms with E-state index in [0.29, 0.717) is 10.0 Å². The fraction of sp³-hybridized carbons (Fsp3) is 0.400. The van der Waals surface area contributed by atoms with Gasteiger partial charge in [0.05, 0.1) is 21.8 Å². The van der Waals surface area contributed by atoms with Gasteiger partial charge in [0, 0.05) is 13.1 Å². The largest absolute Gasteiger partial charge is 0.489 e. The highest BCUT2D eigenvalue weighted by atomic mass is 35.5. The summed E-state index contributed by atoms with van der Waals surface area (Å²) in [6.45, 7) is 3.92. The molecule has 1 N–H and O–H groups in total. The summed E-state index contributed by atoms with van der Waals surface area (Å²) < 4.78 is 5.57. The standard InChI is InChI=1S/C10H13Cl2NO/c1-6(2)14-10-5-8(12)7(11)4-9(10)13-3/h4-6,13H,1-3H3. The number of hydrogen-bond donors (Lipinski definition) is 1. The van der Waals surface area contributed by atoms with Gasteiger partial charge in [-0.05, 0) is 19.9 Å². The van der Waals surface area contributed by atoms with Crippen LogP contribution in [0.1, 0.15) is 13.8 Å². The van der Waals surface area contributed by atoms with Crippen LogP contribution in [-0.4, -0.2) is 13.2 Å². The third-order valence-corrected chi connectivity index (χ3v) is 2.38. The molecule has 0 heterocycles. The normalized spacial score (nSPS) is 10.4. The van der Waals surface area contributed by atoms with Crippen molar-refractivity contribution in [3.8, 4) is 5.75 Å². The Bertz CT molecular complexity index is 326. The molecule has 1 aromatic rings. The maximum Gasteiger partial charge on any atom is 0.144 e. The van der Waals surface area contributed by atoms with Gasteiger partial charge in [-0.3, -0.25) is 0 Å². The number of anilines is 1. The monoisotopic (exact) mass is 233 g/mol. The Morgan fingerprint density at radius 2 is 1.79 bits per heavy atom. The van der Waals surface area contributed by atoms with Crippen LogP contribution in [0.5, 0.6) is 5.75 Å². The van der Waals surface area contributed by atoms with Crippen molar-refractivity contribution >= 4 is 28.9 Å². The van der Waals surface area contributed by atoms with Crippen molar-refractivity contribution in [2.75, 3.05) is 12.4 Å². The molecule has 1 aromatic carbocycles. The van der Waals surface area contributed by atoms with E-state index in [4.69, 9.17) is 27.9 Å². The van der Waals surface area contributed by atoms with Crippen LogP contribution in [-0.2, 0) is 0 Å². The molecular weight excluding hydrogens is 221 g/mol. The van der Waals surface area contributed by atoms with Crippen LogP contribution >= 0.6 is 23.2 Å². The van der Waals surface area contributed by atoms with Crippen LogP contribution < -0.4 is 10.1 Å². The lowest BCUT2D eigenvalue weighted by Crippen LogP contribution is -2.07. The van der Waals surface area contributed by atoms with Crippen LogP contribution in [0.2, 0.25) is 10.0 Å². The number of benzene rings is 1. The summed E-state index contributed by atoms with van der Waals surface area (Å²) in [6.07, 6.45) is 0.111. The molecule has 2 nitrogen and oxygen atoms in total. The number of halogens is 2. The summed E-state index contributed by atoms with van der Waals surface area (Å²) in [7, 11) is 1.81. The molecule has 4 heteroatoms. The van der Waals surface area contributed by atoms with E-state index < -0.39 is 0 Å². The van der Waals surface area contributed by atoms with Gasteiger partial charge in [0.25, 0.3) is 0 Å². The lowest BCUT2D eigenvalue weighted by molar-refractivity contribution is 0.244. The molecular formula is C10H13Cl2NO. The molecule has 0 aliphatic rings. The molecule has 0 radical (unpaired) electrons. The zero-order chi connectivity index (χ0) is 10.7. The van der Waals surface area contributed by atoms with E-state index >= 15 is 0 Å². The summed E-state index contributed by atoms with van der Waals surface area (Å²) in [4.78, 5) is 0. The fourth-order valence-corrected chi connectivity index (χ4v) is 1.39. The minimum Gasteiger partial charge on any atom is -0.489 e. The van der Waals surface area contributed by atoms with E-state index in [1.807, 2.05) is 20.9 Å². The molecule has 0 spiro atoms. The topological polar surface area (TPSA) is 21.3 Å². The summed E-state index contributed by atoms with van der Waals surface area (Å²) >= 11 is 11.8. The van der Waals surface area contributed by atoms with Crippen molar-refractivity contribution in [2.24, 2.45) is 0 Å². The maximum absolute atomic E-state index is 5.89. The number of rotatable bonds is 3. The van der Waals surface area contributed by atoms with E-state index in [1.54, 1.807) is 12.1 Å². The van der Waals surface area contributed by atoms with Crippen LogP contribution in [0.4, 0.5) is 5.69 Å². The van der Waals surface area contributed by atoms with Gasteiger partial charge in [0.1, 0.15) is 5.75 Å². The number of nitrogens with one attached hydrogen (secondary N) is 1. The van der Waals surface area contributed by atoms with E-state index in [2.05, 4.69) is 5.32 Å². The molecule has 14 heavy (non-hydrogen) atoms. The lowest BCUT2D eigenvalue weighted by Gasteiger charge is -2.14. The van der Waals surface area contributed by atoms with Gasteiger partial charge >= 0.3 is 0 Å². The third-order valence-electron chi connectivity index (χ3n) is 1.65. The van der Waals surface area contributed by atoms with E-state index in [9.17, 15) is 0 Å². The predicted molar refractivity (Wildman–Crippen MR) is 61.8 cm³/mol.